The third kappa shape index (κ3) is 2.81. The third-order valence-electron chi connectivity index (χ3n) is 3.78. The lowest BCUT2D eigenvalue weighted by Gasteiger charge is -2.05. The van der Waals surface area contributed by atoms with Crippen molar-refractivity contribution in [2.45, 2.75) is 6.92 Å². The van der Waals surface area contributed by atoms with Gasteiger partial charge in [0.1, 0.15) is 5.58 Å². The van der Waals surface area contributed by atoms with Crippen LogP contribution in [0.15, 0.2) is 69.2 Å². The van der Waals surface area contributed by atoms with Gasteiger partial charge in [-0.3, -0.25) is 0 Å². The second kappa shape index (κ2) is 5.94. The largest absolute Gasteiger partial charge is 0.423 e. The van der Waals surface area contributed by atoms with Gasteiger partial charge in [-0.05, 0) is 24.6 Å². The van der Waals surface area contributed by atoms with Gasteiger partial charge in [0.25, 0.3) is 0 Å². The number of thiazole rings is 1. The zero-order chi connectivity index (χ0) is 16.5. The zero-order valence-electron chi connectivity index (χ0n) is 12.9. The molecule has 1 N–H and O–H groups in total. The summed E-state index contributed by atoms with van der Waals surface area (Å²) in [6, 6.07) is 17.3. The van der Waals surface area contributed by atoms with Gasteiger partial charge in [0.05, 0.1) is 5.69 Å². The highest BCUT2D eigenvalue weighted by molar-refractivity contribution is 7.14. The van der Waals surface area contributed by atoms with Crippen LogP contribution in [-0.4, -0.2) is 4.98 Å². The first-order chi connectivity index (χ1) is 11.7. The summed E-state index contributed by atoms with van der Waals surface area (Å²) in [5.74, 6) is 0. The SMILES string of the molecule is Cc1cc(=O)oc2cc(Nc3nc(-c4ccccc4)cs3)ccc12. The normalized spacial score (nSPS) is 10.9. The number of anilines is 2. The fourth-order valence-corrected chi connectivity index (χ4v) is 3.34. The maximum atomic E-state index is 11.5. The molecule has 0 spiro atoms. The van der Waals surface area contributed by atoms with Crippen LogP contribution in [0.2, 0.25) is 0 Å². The maximum absolute atomic E-state index is 11.5. The summed E-state index contributed by atoms with van der Waals surface area (Å²) in [6.45, 7) is 1.90. The number of nitrogens with one attached hydrogen (secondary N) is 1. The topological polar surface area (TPSA) is 55.1 Å². The summed E-state index contributed by atoms with van der Waals surface area (Å²) in [5, 5.41) is 7.02. The van der Waals surface area contributed by atoms with Gasteiger partial charge >= 0.3 is 5.63 Å². The standard InChI is InChI=1S/C19H14N2O2S/c1-12-9-18(22)23-17-10-14(7-8-15(12)17)20-19-21-16(11-24-19)13-5-3-2-4-6-13/h2-11H,1H3,(H,20,21). The second-order valence-electron chi connectivity index (χ2n) is 5.49. The first-order valence-corrected chi connectivity index (χ1v) is 8.39. The van der Waals surface area contributed by atoms with Gasteiger partial charge in [0.2, 0.25) is 0 Å². The number of rotatable bonds is 3. The minimum Gasteiger partial charge on any atom is -0.423 e. The number of fused-ring (bicyclic) bond motifs is 1. The predicted molar refractivity (Wildman–Crippen MR) is 98.1 cm³/mol. The molecule has 0 saturated carbocycles. The Morgan fingerprint density at radius 3 is 2.75 bits per heavy atom. The van der Waals surface area contributed by atoms with E-state index in [2.05, 4.69) is 10.3 Å². The van der Waals surface area contributed by atoms with Gasteiger partial charge in [-0.1, -0.05) is 30.3 Å². The lowest BCUT2D eigenvalue weighted by atomic mass is 10.1. The molecule has 2 aromatic carbocycles. The van der Waals surface area contributed by atoms with Crippen LogP contribution in [0.1, 0.15) is 5.56 Å². The van der Waals surface area contributed by atoms with Crippen molar-refractivity contribution in [3.63, 3.8) is 0 Å². The van der Waals surface area contributed by atoms with Crippen LogP contribution in [0, 0.1) is 6.92 Å². The first kappa shape index (κ1) is 14.7. The maximum Gasteiger partial charge on any atom is 0.336 e. The quantitative estimate of drug-likeness (QED) is 0.538. The molecule has 5 heteroatoms. The van der Waals surface area contributed by atoms with Crippen LogP contribution in [0.5, 0.6) is 0 Å². The molecule has 0 atom stereocenters. The Bertz CT molecular complexity index is 1070. The van der Waals surface area contributed by atoms with E-state index in [1.54, 1.807) is 0 Å². The van der Waals surface area contributed by atoms with Crippen molar-refractivity contribution >= 4 is 33.1 Å². The number of hydrogen-bond donors (Lipinski definition) is 1. The van der Waals surface area contributed by atoms with Crippen LogP contribution < -0.4 is 10.9 Å². The summed E-state index contributed by atoms with van der Waals surface area (Å²) in [6.07, 6.45) is 0. The second-order valence-corrected chi connectivity index (χ2v) is 6.35. The van der Waals surface area contributed by atoms with Crippen LogP contribution in [0.3, 0.4) is 0 Å². The molecule has 0 aliphatic carbocycles. The van der Waals surface area contributed by atoms with E-state index in [1.165, 1.54) is 17.4 Å². The van der Waals surface area contributed by atoms with Crippen molar-refractivity contribution < 1.29 is 4.42 Å². The van der Waals surface area contributed by atoms with Crippen LogP contribution >= 0.6 is 11.3 Å². The molecular weight excluding hydrogens is 320 g/mol. The minimum absolute atomic E-state index is 0.335. The molecule has 0 bridgehead atoms. The van der Waals surface area contributed by atoms with E-state index in [-0.39, 0.29) is 5.63 Å². The Morgan fingerprint density at radius 1 is 1.08 bits per heavy atom. The summed E-state index contributed by atoms with van der Waals surface area (Å²) in [5.41, 5.74) is 4.01. The number of benzene rings is 2. The molecular formula is C19H14N2O2S. The van der Waals surface area contributed by atoms with Crippen LogP contribution in [-0.2, 0) is 0 Å². The number of nitrogens with zero attached hydrogens (tertiary/aromatic N) is 1. The average molecular weight is 334 g/mol. The van der Waals surface area contributed by atoms with E-state index in [0.29, 0.717) is 5.58 Å². The molecule has 24 heavy (non-hydrogen) atoms. The van der Waals surface area contributed by atoms with Gasteiger partial charge in [-0.15, -0.1) is 11.3 Å². The van der Waals surface area contributed by atoms with Crippen molar-refractivity contribution in [3.05, 3.63) is 76.0 Å². The van der Waals surface area contributed by atoms with Gasteiger partial charge in [-0.2, -0.15) is 0 Å². The molecule has 4 nitrogen and oxygen atoms in total. The molecule has 2 heterocycles. The van der Waals surface area contributed by atoms with Gasteiger partial charge in [0, 0.05) is 34.1 Å². The van der Waals surface area contributed by atoms with Crippen molar-refractivity contribution in [2.24, 2.45) is 0 Å². The molecule has 0 aliphatic heterocycles. The van der Waals surface area contributed by atoms with E-state index < -0.39 is 0 Å². The molecule has 0 radical (unpaired) electrons. The fraction of sp³-hybridized carbons (Fsp3) is 0.0526. The predicted octanol–water partition coefficient (Wildman–Crippen LogP) is 4.97. The Morgan fingerprint density at radius 2 is 1.92 bits per heavy atom. The lowest BCUT2D eigenvalue weighted by Crippen LogP contribution is -1.98. The summed E-state index contributed by atoms with van der Waals surface area (Å²) in [4.78, 5) is 16.1. The summed E-state index contributed by atoms with van der Waals surface area (Å²) < 4.78 is 5.28. The molecule has 0 fully saturated rings. The monoisotopic (exact) mass is 334 g/mol. The third-order valence-corrected chi connectivity index (χ3v) is 4.53. The molecule has 0 saturated heterocycles. The minimum atomic E-state index is -0.335. The highest BCUT2D eigenvalue weighted by Gasteiger charge is 2.07. The van der Waals surface area contributed by atoms with Crippen molar-refractivity contribution in [2.75, 3.05) is 5.32 Å². The van der Waals surface area contributed by atoms with Crippen LogP contribution in [0.25, 0.3) is 22.2 Å². The number of aromatic nitrogens is 1. The smallest absolute Gasteiger partial charge is 0.336 e. The van der Waals surface area contributed by atoms with E-state index in [9.17, 15) is 4.79 Å². The van der Waals surface area contributed by atoms with Crippen molar-refractivity contribution in [1.82, 2.24) is 4.98 Å². The Labute approximate surface area is 142 Å². The average Bonchev–Trinajstić information content (AvgIpc) is 3.03. The Hall–Kier alpha value is -2.92. The lowest BCUT2D eigenvalue weighted by molar-refractivity contribution is 0.560. The van der Waals surface area contributed by atoms with Gasteiger partial charge < -0.3 is 9.73 Å². The first-order valence-electron chi connectivity index (χ1n) is 7.51. The molecule has 0 amide bonds. The Kier molecular flexibility index (Phi) is 3.63. The van der Waals surface area contributed by atoms with Crippen molar-refractivity contribution in [3.8, 4) is 11.3 Å². The molecule has 4 aromatic rings. The fourth-order valence-electron chi connectivity index (χ4n) is 2.60. The van der Waals surface area contributed by atoms with E-state index >= 15 is 0 Å². The van der Waals surface area contributed by atoms with Crippen LogP contribution in [0.4, 0.5) is 10.8 Å². The zero-order valence-corrected chi connectivity index (χ0v) is 13.8. The Balaban J connectivity index is 1.65. The molecule has 0 unspecified atom stereocenters. The van der Waals surface area contributed by atoms with E-state index in [1.807, 2.05) is 60.8 Å². The number of hydrogen-bond acceptors (Lipinski definition) is 5. The van der Waals surface area contributed by atoms with E-state index in [0.717, 1.165) is 33.0 Å². The van der Waals surface area contributed by atoms with Gasteiger partial charge in [0.15, 0.2) is 5.13 Å². The summed E-state index contributed by atoms with van der Waals surface area (Å²) in [7, 11) is 0. The van der Waals surface area contributed by atoms with Crippen molar-refractivity contribution in [1.29, 1.82) is 0 Å². The highest BCUT2D eigenvalue weighted by atomic mass is 32.1. The number of aryl methyl sites for hydroxylation is 1. The molecule has 118 valence electrons. The molecule has 4 rings (SSSR count). The molecule has 0 aliphatic rings. The van der Waals surface area contributed by atoms with E-state index in [4.69, 9.17) is 4.42 Å². The molecule has 2 aromatic heterocycles. The summed E-state index contributed by atoms with van der Waals surface area (Å²) >= 11 is 1.54. The van der Waals surface area contributed by atoms with Gasteiger partial charge in [-0.25, -0.2) is 9.78 Å². The highest BCUT2D eigenvalue weighted by Crippen LogP contribution is 2.28.